The first-order valence-corrected chi connectivity index (χ1v) is 6.78. The van der Waals surface area contributed by atoms with Gasteiger partial charge in [-0.2, -0.15) is 4.98 Å². The molecule has 10 heteroatoms. The van der Waals surface area contributed by atoms with E-state index in [-0.39, 0.29) is 17.3 Å². The zero-order valence-electron chi connectivity index (χ0n) is 10.3. The summed E-state index contributed by atoms with van der Waals surface area (Å²) in [6.45, 7) is 1.56. The number of nitrogens with zero attached hydrogens (tertiary/aromatic N) is 4. The molecule has 2 aromatic rings. The second kappa shape index (κ2) is 5.28. The molecule has 2 heterocycles. The molecule has 0 bridgehead atoms. The highest BCUT2D eigenvalue weighted by molar-refractivity contribution is 7.89. The maximum absolute atomic E-state index is 11.9. The summed E-state index contributed by atoms with van der Waals surface area (Å²) in [5.41, 5.74) is 0. The van der Waals surface area contributed by atoms with Crippen molar-refractivity contribution < 1.29 is 12.9 Å². The summed E-state index contributed by atoms with van der Waals surface area (Å²) in [7, 11) is -2.07. The second-order valence-electron chi connectivity index (χ2n) is 3.55. The van der Waals surface area contributed by atoms with Gasteiger partial charge in [-0.1, -0.05) is 5.16 Å². The Balaban J connectivity index is 2.09. The van der Waals surface area contributed by atoms with Crippen LogP contribution in [0.1, 0.15) is 11.7 Å². The third-order valence-electron chi connectivity index (χ3n) is 2.15. The van der Waals surface area contributed by atoms with Crippen molar-refractivity contribution in [3.05, 3.63) is 24.1 Å². The monoisotopic (exact) mass is 284 g/mol. The molecule has 0 aromatic carbocycles. The summed E-state index contributed by atoms with van der Waals surface area (Å²) in [6.07, 6.45) is 2.42. The van der Waals surface area contributed by atoms with E-state index >= 15 is 0 Å². The topological polar surface area (TPSA) is 123 Å². The van der Waals surface area contributed by atoms with E-state index in [1.807, 2.05) is 0 Å². The molecule has 2 rings (SSSR count). The molecule has 2 aromatic heterocycles. The molecule has 0 aliphatic carbocycles. The van der Waals surface area contributed by atoms with Crippen LogP contribution in [0.15, 0.2) is 21.8 Å². The fraction of sp³-hybridized carbons (Fsp3) is 0.333. The van der Waals surface area contributed by atoms with E-state index < -0.39 is 10.0 Å². The van der Waals surface area contributed by atoms with Gasteiger partial charge in [0.25, 0.3) is 0 Å². The number of aryl methyl sites for hydroxylation is 1. The van der Waals surface area contributed by atoms with Crippen molar-refractivity contribution in [3.8, 4) is 0 Å². The normalized spacial score (nSPS) is 11.5. The maximum Gasteiger partial charge on any atom is 0.244 e. The van der Waals surface area contributed by atoms with Gasteiger partial charge in [-0.25, -0.2) is 23.1 Å². The highest BCUT2D eigenvalue weighted by Crippen LogP contribution is 2.07. The Kier molecular flexibility index (Phi) is 3.71. The third-order valence-corrected chi connectivity index (χ3v) is 3.50. The van der Waals surface area contributed by atoms with Crippen molar-refractivity contribution in [1.29, 1.82) is 0 Å². The van der Waals surface area contributed by atoms with Crippen LogP contribution < -0.4 is 10.0 Å². The van der Waals surface area contributed by atoms with E-state index in [4.69, 9.17) is 4.52 Å². The standard InChI is InChI=1S/C9H12N6O3S/c1-6-14-8(18-15-6)5-13-19(16,17)7-3-11-9(10-2)12-4-7/h3-4,13H,5H2,1-2H3,(H,10,11,12). The van der Waals surface area contributed by atoms with Gasteiger partial charge in [-0.05, 0) is 6.92 Å². The van der Waals surface area contributed by atoms with Crippen molar-refractivity contribution >= 4 is 16.0 Å². The summed E-state index contributed by atoms with van der Waals surface area (Å²) in [6, 6.07) is 0. The predicted octanol–water partition coefficient (Wildman–Crippen LogP) is -0.312. The van der Waals surface area contributed by atoms with Crippen molar-refractivity contribution in [3.63, 3.8) is 0 Å². The van der Waals surface area contributed by atoms with Crippen LogP contribution in [0, 0.1) is 6.92 Å². The number of aromatic nitrogens is 4. The van der Waals surface area contributed by atoms with Crippen LogP contribution in [-0.4, -0.2) is 35.6 Å². The molecule has 0 fully saturated rings. The predicted molar refractivity (Wildman–Crippen MR) is 64.6 cm³/mol. The second-order valence-corrected chi connectivity index (χ2v) is 5.32. The largest absolute Gasteiger partial charge is 0.357 e. The Morgan fingerprint density at radius 1 is 1.32 bits per heavy atom. The van der Waals surface area contributed by atoms with Gasteiger partial charge in [0.1, 0.15) is 4.90 Å². The van der Waals surface area contributed by atoms with Gasteiger partial charge < -0.3 is 9.84 Å². The van der Waals surface area contributed by atoms with Crippen molar-refractivity contribution in [1.82, 2.24) is 24.8 Å². The maximum atomic E-state index is 11.9. The molecule has 0 spiro atoms. The lowest BCUT2D eigenvalue weighted by Gasteiger charge is -2.04. The zero-order valence-corrected chi connectivity index (χ0v) is 11.1. The summed E-state index contributed by atoms with van der Waals surface area (Å²) < 4.78 is 30.9. The molecular weight excluding hydrogens is 272 g/mol. The molecular formula is C9H12N6O3S. The van der Waals surface area contributed by atoms with Gasteiger partial charge in [0.15, 0.2) is 5.82 Å². The van der Waals surface area contributed by atoms with Crippen LogP contribution in [0.25, 0.3) is 0 Å². The molecule has 102 valence electrons. The average molecular weight is 284 g/mol. The van der Waals surface area contributed by atoms with Crippen LogP contribution in [0.5, 0.6) is 0 Å². The highest BCUT2D eigenvalue weighted by Gasteiger charge is 2.16. The molecule has 0 amide bonds. The van der Waals surface area contributed by atoms with E-state index in [0.717, 1.165) is 0 Å². The first-order chi connectivity index (χ1) is 9.01. The Morgan fingerprint density at radius 3 is 2.53 bits per heavy atom. The van der Waals surface area contributed by atoms with Crippen LogP contribution in [-0.2, 0) is 16.6 Å². The van der Waals surface area contributed by atoms with E-state index in [9.17, 15) is 8.42 Å². The molecule has 0 unspecified atom stereocenters. The van der Waals surface area contributed by atoms with Crippen LogP contribution in [0.2, 0.25) is 0 Å². The number of rotatable bonds is 5. The van der Waals surface area contributed by atoms with E-state index in [0.29, 0.717) is 11.8 Å². The number of nitrogens with one attached hydrogen (secondary N) is 2. The SMILES string of the molecule is CNc1ncc(S(=O)(=O)NCc2nc(C)no2)cn1. The summed E-state index contributed by atoms with van der Waals surface area (Å²) in [5.74, 6) is 0.969. The smallest absolute Gasteiger partial charge is 0.244 e. The number of hydrogen-bond acceptors (Lipinski definition) is 8. The minimum Gasteiger partial charge on any atom is -0.357 e. The first kappa shape index (κ1) is 13.4. The average Bonchev–Trinajstić information content (AvgIpc) is 2.82. The molecule has 0 saturated carbocycles. The minimum atomic E-state index is -3.70. The summed E-state index contributed by atoms with van der Waals surface area (Å²) in [4.78, 5) is 11.5. The summed E-state index contributed by atoms with van der Waals surface area (Å²) >= 11 is 0. The Morgan fingerprint density at radius 2 is 2.00 bits per heavy atom. The fourth-order valence-corrected chi connectivity index (χ4v) is 2.10. The molecule has 19 heavy (non-hydrogen) atoms. The fourth-order valence-electron chi connectivity index (χ4n) is 1.24. The van der Waals surface area contributed by atoms with E-state index in [1.54, 1.807) is 14.0 Å². The lowest BCUT2D eigenvalue weighted by Crippen LogP contribution is -2.23. The lowest BCUT2D eigenvalue weighted by atomic mass is 10.6. The lowest BCUT2D eigenvalue weighted by molar-refractivity contribution is 0.372. The molecule has 0 radical (unpaired) electrons. The molecule has 9 nitrogen and oxygen atoms in total. The highest BCUT2D eigenvalue weighted by atomic mass is 32.2. The van der Waals surface area contributed by atoms with E-state index in [2.05, 4.69) is 30.1 Å². The van der Waals surface area contributed by atoms with Gasteiger partial charge in [0.05, 0.1) is 18.9 Å². The molecule has 2 N–H and O–H groups in total. The number of sulfonamides is 1. The van der Waals surface area contributed by atoms with Crippen LogP contribution in [0.4, 0.5) is 5.95 Å². The van der Waals surface area contributed by atoms with Crippen molar-refractivity contribution in [2.45, 2.75) is 18.4 Å². The quantitative estimate of drug-likeness (QED) is 0.766. The van der Waals surface area contributed by atoms with Gasteiger partial charge in [-0.15, -0.1) is 0 Å². The third kappa shape index (κ3) is 3.23. The molecule has 0 saturated heterocycles. The van der Waals surface area contributed by atoms with Crippen LogP contribution in [0.3, 0.4) is 0 Å². The van der Waals surface area contributed by atoms with Gasteiger partial charge in [0, 0.05) is 7.05 Å². The Labute approximate surface area is 109 Å². The van der Waals surface area contributed by atoms with Gasteiger partial charge in [0.2, 0.25) is 21.9 Å². The summed E-state index contributed by atoms with van der Waals surface area (Å²) in [5, 5.41) is 6.25. The minimum absolute atomic E-state index is 0.0391. The van der Waals surface area contributed by atoms with Gasteiger partial charge in [-0.3, -0.25) is 0 Å². The molecule has 0 aliphatic heterocycles. The molecule has 0 atom stereocenters. The number of anilines is 1. The van der Waals surface area contributed by atoms with Crippen LogP contribution >= 0.6 is 0 Å². The molecule has 0 aliphatic rings. The first-order valence-electron chi connectivity index (χ1n) is 5.30. The van der Waals surface area contributed by atoms with Crippen molar-refractivity contribution in [2.75, 3.05) is 12.4 Å². The van der Waals surface area contributed by atoms with E-state index in [1.165, 1.54) is 12.4 Å². The Bertz CT molecular complexity index is 651. The number of hydrogen-bond donors (Lipinski definition) is 2. The Hall–Kier alpha value is -2.07. The van der Waals surface area contributed by atoms with Gasteiger partial charge >= 0.3 is 0 Å². The zero-order chi connectivity index (χ0) is 13.9. The van der Waals surface area contributed by atoms with Crippen molar-refractivity contribution in [2.24, 2.45) is 0 Å².